The highest BCUT2D eigenvalue weighted by molar-refractivity contribution is 9.10. The van der Waals surface area contributed by atoms with Gasteiger partial charge in [-0.05, 0) is 28.1 Å². The molecule has 0 fully saturated rings. The molecule has 0 saturated carbocycles. The first-order valence-electron chi connectivity index (χ1n) is 4.27. The molecule has 2 N–H and O–H groups in total. The fourth-order valence-electron chi connectivity index (χ4n) is 0.909. The number of thioether (sulfide) groups is 1. The second-order valence-corrected chi connectivity index (χ2v) is 4.70. The fraction of sp³-hybridized carbons (Fsp3) is 0.444. The number of rotatable bonds is 4. The summed E-state index contributed by atoms with van der Waals surface area (Å²) in [6.45, 7) is 2.19. The predicted molar refractivity (Wildman–Crippen MR) is 62.0 cm³/mol. The molecule has 0 radical (unpaired) electrons. The van der Waals surface area contributed by atoms with Crippen LogP contribution in [0.25, 0.3) is 0 Å². The van der Waals surface area contributed by atoms with E-state index in [1.165, 1.54) is 12.8 Å². The number of hydrogen-bond acceptors (Lipinski definition) is 3. The largest absolute Gasteiger partial charge is 0.397 e. The summed E-state index contributed by atoms with van der Waals surface area (Å²) in [5.41, 5.74) is 6.55. The molecule has 0 atom stereocenters. The van der Waals surface area contributed by atoms with Crippen molar-refractivity contribution in [3.8, 4) is 0 Å². The maximum absolute atomic E-state index is 5.79. The van der Waals surface area contributed by atoms with Crippen LogP contribution in [0, 0.1) is 0 Å². The van der Waals surface area contributed by atoms with E-state index in [9.17, 15) is 0 Å². The Labute approximate surface area is 91.4 Å². The van der Waals surface area contributed by atoms with E-state index in [4.69, 9.17) is 5.73 Å². The summed E-state index contributed by atoms with van der Waals surface area (Å²) in [6, 6.07) is 0. The number of anilines is 1. The van der Waals surface area contributed by atoms with Crippen LogP contribution in [-0.2, 0) is 0 Å². The number of nitrogens with two attached hydrogens (primary N) is 1. The molecular formula is C9H13BrN2S. The van der Waals surface area contributed by atoms with Gasteiger partial charge in [-0.2, -0.15) is 0 Å². The van der Waals surface area contributed by atoms with E-state index in [1.54, 1.807) is 24.2 Å². The molecule has 0 aliphatic carbocycles. The van der Waals surface area contributed by atoms with Crippen LogP contribution in [0.2, 0.25) is 0 Å². The lowest BCUT2D eigenvalue weighted by Crippen LogP contribution is -1.91. The Kier molecular flexibility index (Phi) is 4.59. The maximum atomic E-state index is 5.79. The molecule has 4 heteroatoms. The first kappa shape index (κ1) is 10.9. The van der Waals surface area contributed by atoms with E-state index >= 15 is 0 Å². The van der Waals surface area contributed by atoms with E-state index in [0.717, 1.165) is 20.8 Å². The van der Waals surface area contributed by atoms with E-state index < -0.39 is 0 Å². The highest BCUT2D eigenvalue weighted by Crippen LogP contribution is 2.32. The van der Waals surface area contributed by atoms with Crippen LogP contribution in [0.1, 0.15) is 19.8 Å². The zero-order valence-electron chi connectivity index (χ0n) is 7.59. The van der Waals surface area contributed by atoms with Gasteiger partial charge in [0.15, 0.2) is 0 Å². The van der Waals surface area contributed by atoms with Gasteiger partial charge < -0.3 is 5.73 Å². The van der Waals surface area contributed by atoms with E-state index in [0.29, 0.717) is 0 Å². The van der Waals surface area contributed by atoms with Gasteiger partial charge in [0.1, 0.15) is 0 Å². The number of aromatic nitrogens is 1. The van der Waals surface area contributed by atoms with Gasteiger partial charge >= 0.3 is 0 Å². The average molecular weight is 261 g/mol. The smallest absolute Gasteiger partial charge is 0.0650 e. The Morgan fingerprint density at radius 2 is 2.31 bits per heavy atom. The third-order valence-corrected chi connectivity index (χ3v) is 3.73. The van der Waals surface area contributed by atoms with Gasteiger partial charge in [-0.1, -0.05) is 13.3 Å². The van der Waals surface area contributed by atoms with Crippen LogP contribution >= 0.6 is 27.7 Å². The van der Waals surface area contributed by atoms with Crippen LogP contribution in [0.15, 0.2) is 21.8 Å². The molecule has 0 spiro atoms. The summed E-state index contributed by atoms with van der Waals surface area (Å²) >= 11 is 5.22. The minimum atomic E-state index is 0.760. The number of nitrogen functional groups attached to an aromatic ring is 1. The van der Waals surface area contributed by atoms with Crippen molar-refractivity contribution in [2.24, 2.45) is 0 Å². The third kappa shape index (κ3) is 3.19. The van der Waals surface area contributed by atoms with Gasteiger partial charge in [0.25, 0.3) is 0 Å². The quantitative estimate of drug-likeness (QED) is 0.667. The van der Waals surface area contributed by atoms with Gasteiger partial charge in [-0.15, -0.1) is 11.8 Å². The van der Waals surface area contributed by atoms with Crippen molar-refractivity contribution in [3.63, 3.8) is 0 Å². The molecule has 72 valence electrons. The minimum absolute atomic E-state index is 0.760. The molecule has 0 aromatic carbocycles. The van der Waals surface area contributed by atoms with Crippen LogP contribution in [0.5, 0.6) is 0 Å². The normalized spacial score (nSPS) is 10.3. The van der Waals surface area contributed by atoms with Crippen LogP contribution in [-0.4, -0.2) is 10.7 Å². The molecular weight excluding hydrogens is 248 g/mol. The van der Waals surface area contributed by atoms with Crippen molar-refractivity contribution < 1.29 is 0 Å². The molecule has 1 heterocycles. The summed E-state index contributed by atoms with van der Waals surface area (Å²) in [5.74, 6) is 1.11. The Hall–Kier alpha value is -0.220. The molecule has 0 bridgehead atoms. The maximum Gasteiger partial charge on any atom is 0.0650 e. The SMILES string of the molecule is CCCCSc1c(N)cncc1Br. The van der Waals surface area contributed by atoms with Crippen molar-refractivity contribution in [1.29, 1.82) is 0 Å². The first-order valence-corrected chi connectivity index (χ1v) is 6.05. The molecule has 0 aliphatic heterocycles. The number of hydrogen-bond donors (Lipinski definition) is 1. The highest BCUT2D eigenvalue weighted by Gasteiger charge is 2.04. The molecule has 0 unspecified atom stereocenters. The van der Waals surface area contributed by atoms with Gasteiger partial charge in [0.2, 0.25) is 0 Å². The van der Waals surface area contributed by atoms with Crippen LogP contribution in [0.4, 0.5) is 5.69 Å². The highest BCUT2D eigenvalue weighted by atomic mass is 79.9. The van der Waals surface area contributed by atoms with Crippen molar-refractivity contribution in [2.75, 3.05) is 11.5 Å². The van der Waals surface area contributed by atoms with Crippen molar-refractivity contribution in [3.05, 3.63) is 16.9 Å². The predicted octanol–water partition coefficient (Wildman–Crippen LogP) is 3.32. The zero-order chi connectivity index (χ0) is 9.68. The molecule has 1 aromatic rings. The number of unbranched alkanes of at least 4 members (excludes halogenated alkanes) is 1. The Morgan fingerprint density at radius 3 is 2.92 bits per heavy atom. The summed E-state index contributed by atoms with van der Waals surface area (Å²) in [4.78, 5) is 5.10. The second kappa shape index (κ2) is 5.50. The average Bonchev–Trinajstić information content (AvgIpc) is 2.10. The molecule has 0 amide bonds. The Bertz CT molecular complexity index is 258. The molecule has 2 nitrogen and oxygen atoms in total. The molecule has 1 rings (SSSR count). The van der Waals surface area contributed by atoms with Crippen LogP contribution < -0.4 is 5.73 Å². The first-order chi connectivity index (χ1) is 6.25. The monoisotopic (exact) mass is 260 g/mol. The number of halogens is 1. The Morgan fingerprint density at radius 1 is 1.54 bits per heavy atom. The summed E-state index contributed by atoms with van der Waals surface area (Å²) in [5, 5.41) is 0. The topological polar surface area (TPSA) is 38.9 Å². The third-order valence-electron chi connectivity index (χ3n) is 1.62. The molecule has 13 heavy (non-hydrogen) atoms. The lowest BCUT2D eigenvalue weighted by atomic mass is 10.4. The van der Waals surface area contributed by atoms with Gasteiger partial charge in [-0.3, -0.25) is 4.98 Å². The standard InChI is InChI=1S/C9H13BrN2S/c1-2-3-4-13-9-7(10)5-12-6-8(9)11/h5-6H,2-4,11H2,1H3. The molecule has 0 aliphatic rings. The van der Waals surface area contributed by atoms with Crippen molar-refractivity contribution in [1.82, 2.24) is 4.98 Å². The van der Waals surface area contributed by atoms with E-state index in [1.807, 2.05) is 0 Å². The summed E-state index contributed by atoms with van der Waals surface area (Å²) < 4.78 is 0.994. The van der Waals surface area contributed by atoms with E-state index in [2.05, 4.69) is 27.8 Å². The summed E-state index contributed by atoms with van der Waals surface area (Å²) in [7, 11) is 0. The lowest BCUT2D eigenvalue weighted by molar-refractivity contribution is 0.896. The molecule has 1 aromatic heterocycles. The van der Waals surface area contributed by atoms with E-state index in [-0.39, 0.29) is 0 Å². The van der Waals surface area contributed by atoms with Gasteiger partial charge in [0, 0.05) is 11.1 Å². The minimum Gasteiger partial charge on any atom is -0.397 e. The van der Waals surface area contributed by atoms with Gasteiger partial charge in [-0.25, -0.2) is 0 Å². The van der Waals surface area contributed by atoms with Gasteiger partial charge in [0.05, 0.1) is 16.4 Å². The Balaban J connectivity index is 2.64. The van der Waals surface area contributed by atoms with Crippen molar-refractivity contribution in [2.45, 2.75) is 24.7 Å². The zero-order valence-corrected chi connectivity index (χ0v) is 9.99. The second-order valence-electron chi connectivity index (χ2n) is 2.74. The fourth-order valence-corrected chi connectivity index (χ4v) is 2.65. The lowest BCUT2D eigenvalue weighted by Gasteiger charge is -2.05. The number of nitrogens with zero attached hydrogens (tertiary/aromatic N) is 1. The summed E-state index contributed by atoms with van der Waals surface area (Å²) in [6.07, 6.45) is 5.91. The molecule has 0 saturated heterocycles. The van der Waals surface area contributed by atoms with Crippen LogP contribution in [0.3, 0.4) is 0 Å². The van der Waals surface area contributed by atoms with Crippen molar-refractivity contribution >= 4 is 33.4 Å². The number of pyridine rings is 1.